The van der Waals surface area contributed by atoms with Crippen LogP contribution in [0.25, 0.3) is 0 Å². The lowest BCUT2D eigenvalue weighted by Crippen LogP contribution is -2.40. The Morgan fingerprint density at radius 2 is 1.94 bits per heavy atom. The van der Waals surface area contributed by atoms with Crippen molar-refractivity contribution >= 4 is 5.69 Å². The van der Waals surface area contributed by atoms with Crippen molar-refractivity contribution in [3.8, 4) is 0 Å². The largest absolute Gasteiger partial charge is 0.371 e. The first kappa shape index (κ1) is 14.0. The van der Waals surface area contributed by atoms with Gasteiger partial charge in [0, 0.05) is 30.9 Å². The van der Waals surface area contributed by atoms with Crippen molar-refractivity contribution in [2.45, 2.75) is 40.3 Å². The average molecular weight is 238 g/mol. The Balaban J connectivity index is 3.12. The molecule has 0 bridgehead atoms. The van der Waals surface area contributed by atoms with E-state index in [0.717, 1.165) is 5.69 Å². The van der Waals surface area contributed by atoms with Crippen LogP contribution in [0.2, 0.25) is 0 Å². The Morgan fingerprint density at radius 3 is 2.41 bits per heavy atom. The molecule has 1 aromatic rings. The second kappa shape index (κ2) is 5.05. The van der Waals surface area contributed by atoms with Gasteiger partial charge in [0.25, 0.3) is 0 Å². The lowest BCUT2D eigenvalue weighted by Gasteiger charge is -2.37. The molecule has 2 N–H and O–H groups in total. The topological polar surface area (TPSA) is 29.3 Å². The number of hydrogen-bond donors (Lipinski definition) is 1. The number of rotatable bonds is 3. The fourth-order valence-corrected chi connectivity index (χ4v) is 1.87. The molecule has 0 saturated heterocycles. The molecule has 1 unspecified atom stereocenters. The van der Waals surface area contributed by atoms with Crippen LogP contribution in [0.5, 0.6) is 0 Å². The Hall–Kier alpha value is -1.09. The summed E-state index contributed by atoms with van der Waals surface area (Å²) in [5.41, 5.74) is 7.24. The van der Waals surface area contributed by atoms with E-state index in [0.29, 0.717) is 11.6 Å². The molecule has 0 fully saturated rings. The van der Waals surface area contributed by atoms with Gasteiger partial charge >= 0.3 is 0 Å². The van der Waals surface area contributed by atoms with Gasteiger partial charge in [0.15, 0.2) is 0 Å². The molecule has 0 saturated carbocycles. The predicted octanol–water partition coefficient (Wildman–Crippen LogP) is 3.16. The van der Waals surface area contributed by atoms with Crippen molar-refractivity contribution in [2.75, 3.05) is 11.9 Å². The molecule has 0 amide bonds. The lowest BCUT2D eigenvalue weighted by molar-refractivity contribution is 0.329. The Labute approximate surface area is 104 Å². The molecule has 2 nitrogen and oxygen atoms in total. The van der Waals surface area contributed by atoms with E-state index in [1.807, 2.05) is 13.1 Å². The lowest BCUT2D eigenvalue weighted by atomic mass is 9.86. The average Bonchev–Trinajstić information content (AvgIpc) is 2.25. The van der Waals surface area contributed by atoms with Gasteiger partial charge in [0.05, 0.1) is 0 Å². The number of nitrogens with two attached hydrogens (primary N) is 1. The molecule has 0 aliphatic carbocycles. The molecule has 0 spiro atoms. The minimum atomic E-state index is -0.224. The first-order valence-corrected chi connectivity index (χ1v) is 5.99. The number of benzene rings is 1. The molecule has 96 valence electrons. The van der Waals surface area contributed by atoms with E-state index in [-0.39, 0.29) is 17.8 Å². The molecule has 0 aliphatic rings. The van der Waals surface area contributed by atoms with Crippen molar-refractivity contribution < 1.29 is 4.39 Å². The minimum absolute atomic E-state index is 0.132. The van der Waals surface area contributed by atoms with Crippen LogP contribution in [0.1, 0.15) is 33.3 Å². The summed E-state index contributed by atoms with van der Waals surface area (Å²) in [5.74, 6) is -0.224. The third-order valence-corrected chi connectivity index (χ3v) is 3.51. The van der Waals surface area contributed by atoms with Gasteiger partial charge < -0.3 is 10.6 Å². The van der Waals surface area contributed by atoms with Crippen LogP contribution in [0.15, 0.2) is 18.2 Å². The number of anilines is 1. The van der Waals surface area contributed by atoms with E-state index in [9.17, 15) is 4.39 Å². The number of halogens is 1. The summed E-state index contributed by atoms with van der Waals surface area (Å²) in [6, 6.07) is 5.42. The van der Waals surface area contributed by atoms with E-state index in [1.54, 1.807) is 6.07 Å². The van der Waals surface area contributed by atoms with Gasteiger partial charge in [-0.3, -0.25) is 0 Å². The quantitative estimate of drug-likeness (QED) is 0.876. The van der Waals surface area contributed by atoms with Crippen molar-refractivity contribution in [1.29, 1.82) is 0 Å². The van der Waals surface area contributed by atoms with Crippen LogP contribution >= 0.6 is 0 Å². The van der Waals surface area contributed by atoms with Crippen molar-refractivity contribution in [1.82, 2.24) is 0 Å². The Morgan fingerprint density at radius 1 is 1.35 bits per heavy atom. The number of nitrogens with zero attached hydrogens (tertiary/aromatic N) is 1. The Bertz CT molecular complexity index is 382. The van der Waals surface area contributed by atoms with E-state index in [1.165, 1.54) is 6.07 Å². The molecule has 17 heavy (non-hydrogen) atoms. The molecule has 1 atom stereocenters. The molecule has 0 heterocycles. The van der Waals surface area contributed by atoms with Crippen molar-refractivity contribution in [2.24, 2.45) is 11.1 Å². The number of hydrogen-bond acceptors (Lipinski definition) is 2. The highest BCUT2D eigenvalue weighted by molar-refractivity contribution is 5.54. The highest BCUT2D eigenvalue weighted by Gasteiger charge is 2.25. The molecular formula is C14H23FN2. The van der Waals surface area contributed by atoms with Crippen LogP contribution in [0, 0.1) is 11.2 Å². The second-order valence-corrected chi connectivity index (χ2v) is 5.59. The van der Waals surface area contributed by atoms with Gasteiger partial charge in [0.2, 0.25) is 0 Å². The van der Waals surface area contributed by atoms with Crippen molar-refractivity contribution in [3.63, 3.8) is 0 Å². The molecule has 0 aliphatic heterocycles. The fraction of sp³-hybridized carbons (Fsp3) is 0.571. The van der Waals surface area contributed by atoms with E-state index >= 15 is 0 Å². The van der Waals surface area contributed by atoms with Crippen molar-refractivity contribution in [3.05, 3.63) is 29.6 Å². The molecule has 1 aromatic carbocycles. The Kier molecular flexibility index (Phi) is 4.15. The van der Waals surface area contributed by atoms with Gasteiger partial charge in [0.1, 0.15) is 5.82 Å². The maximum Gasteiger partial charge on any atom is 0.129 e. The van der Waals surface area contributed by atoms with Gasteiger partial charge in [-0.05, 0) is 24.5 Å². The first-order chi connectivity index (χ1) is 7.79. The maximum atomic E-state index is 13.7. The van der Waals surface area contributed by atoms with Crippen LogP contribution in [0.3, 0.4) is 0 Å². The summed E-state index contributed by atoms with van der Waals surface area (Å²) in [6.45, 7) is 8.90. The third-order valence-electron chi connectivity index (χ3n) is 3.51. The van der Waals surface area contributed by atoms with Crippen LogP contribution in [0.4, 0.5) is 10.1 Å². The fourth-order valence-electron chi connectivity index (χ4n) is 1.87. The zero-order valence-corrected chi connectivity index (χ0v) is 11.4. The van der Waals surface area contributed by atoms with E-state index < -0.39 is 0 Å². The highest BCUT2D eigenvalue weighted by Crippen LogP contribution is 2.30. The summed E-state index contributed by atoms with van der Waals surface area (Å²) >= 11 is 0. The monoisotopic (exact) mass is 238 g/mol. The van der Waals surface area contributed by atoms with Crippen LogP contribution in [-0.4, -0.2) is 13.1 Å². The molecule has 0 radical (unpaired) electrons. The second-order valence-electron chi connectivity index (χ2n) is 5.59. The standard InChI is InChI=1S/C14H23FN2/c1-10(14(2,3)4)17(5)13-8-6-7-12(15)11(13)9-16/h6-8,10H,9,16H2,1-5H3. The zero-order valence-electron chi connectivity index (χ0n) is 11.4. The molecule has 1 rings (SSSR count). The van der Waals surface area contributed by atoms with E-state index in [4.69, 9.17) is 5.73 Å². The van der Waals surface area contributed by atoms with Crippen LogP contribution in [-0.2, 0) is 6.54 Å². The van der Waals surface area contributed by atoms with Gasteiger partial charge in [-0.1, -0.05) is 26.8 Å². The minimum Gasteiger partial charge on any atom is -0.371 e. The predicted molar refractivity (Wildman–Crippen MR) is 71.6 cm³/mol. The smallest absolute Gasteiger partial charge is 0.129 e. The zero-order chi connectivity index (χ0) is 13.2. The summed E-state index contributed by atoms with van der Waals surface area (Å²) < 4.78 is 13.7. The van der Waals surface area contributed by atoms with Gasteiger partial charge in [-0.15, -0.1) is 0 Å². The first-order valence-electron chi connectivity index (χ1n) is 5.99. The van der Waals surface area contributed by atoms with Gasteiger partial charge in [-0.2, -0.15) is 0 Å². The normalized spacial score (nSPS) is 13.6. The third kappa shape index (κ3) is 2.97. The molecular weight excluding hydrogens is 215 g/mol. The summed E-state index contributed by atoms with van der Waals surface area (Å²) in [5, 5.41) is 0. The molecule has 0 aromatic heterocycles. The SMILES string of the molecule is CC(N(C)c1cccc(F)c1CN)C(C)(C)C. The molecule has 3 heteroatoms. The maximum absolute atomic E-state index is 13.7. The summed E-state index contributed by atoms with van der Waals surface area (Å²) in [6.07, 6.45) is 0. The van der Waals surface area contributed by atoms with E-state index in [2.05, 4.69) is 32.6 Å². The summed E-state index contributed by atoms with van der Waals surface area (Å²) in [7, 11) is 1.99. The highest BCUT2D eigenvalue weighted by atomic mass is 19.1. The summed E-state index contributed by atoms with van der Waals surface area (Å²) in [4.78, 5) is 2.10. The van der Waals surface area contributed by atoms with Gasteiger partial charge in [-0.25, -0.2) is 4.39 Å². The van der Waals surface area contributed by atoms with Crippen LogP contribution < -0.4 is 10.6 Å².